The minimum absolute atomic E-state index is 0.377. The molecule has 0 radical (unpaired) electrons. The Labute approximate surface area is 143 Å². The monoisotopic (exact) mass is 345 g/mol. The zero-order valence-electron chi connectivity index (χ0n) is 13.5. The third-order valence-electron chi connectivity index (χ3n) is 4.30. The van der Waals surface area contributed by atoms with Crippen molar-refractivity contribution in [3.05, 3.63) is 53.6 Å². The summed E-state index contributed by atoms with van der Waals surface area (Å²) in [5, 5.41) is 13.2. The van der Waals surface area contributed by atoms with E-state index in [2.05, 4.69) is 5.32 Å². The minimum atomic E-state index is -1.15. The second kappa shape index (κ2) is 6.84. The van der Waals surface area contributed by atoms with Crippen molar-refractivity contribution in [2.45, 2.75) is 23.3 Å². The summed E-state index contributed by atoms with van der Waals surface area (Å²) < 4.78 is 16.9. The molecule has 6 heteroatoms. The second-order valence-corrected chi connectivity index (χ2v) is 7.17. The number of hydrogen-bond donors (Lipinski definition) is 2. The van der Waals surface area contributed by atoms with Gasteiger partial charge in [-0.15, -0.1) is 0 Å². The van der Waals surface area contributed by atoms with Crippen LogP contribution in [-0.2, 0) is 22.4 Å². The van der Waals surface area contributed by atoms with Crippen LogP contribution in [0.5, 0.6) is 5.75 Å². The van der Waals surface area contributed by atoms with Gasteiger partial charge in [-0.3, -0.25) is 4.79 Å². The van der Waals surface area contributed by atoms with Crippen LogP contribution < -0.4 is 10.1 Å². The molecule has 1 heterocycles. The number of amides is 1. The van der Waals surface area contributed by atoms with E-state index in [1.54, 1.807) is 25.5 Å². The normalized spacial score (nSPS) is 21.4. The van der Waals surface area contributed by atoms with Crippen LogP contribution in [0.1, 0.15) is 17.0 Å². The zero-order chi connectivity index (χ0) is 17.3. The van der Waals surface area contributed by atoms with Crippen LogP contribution >= 0.6 is 0 Å². The van der Waals surface area contributed by atoms with Crippen molar-refractivity contribution in [3.63, 3.8) is 0 Å². The van der Waals surface area contributed by atoms with E-state index in [0.717, 1.165) is 16.9 Å². The lowest BCUT2D eigenvalue weighted by Gasteiger charge is -2.19. The Bertz CT molecular complexity index is 745. The Morgan fingerprint density at radius 2 is 1.96 bits per heavy atom. The second-order valence-electron chi connectivity index (χ2n) is 5.79. The van der Waals surface area contributed by atoms with E-state index >= 15 is 0 Å². The molecule has 3 unspecified atom stereocenters. The Morgan fingerprint density at radius 3 is 2.58 bits per heavy atom. The van der Waals surface area contributed by atoms with Crippen LogP contribution in [0.15, 0.2) is 47.4 Å². The van der Waals surface area contributed by atoms with Gasteiger partial charge in [-0.2, -0.15) is 0 Å². The molecule has 1 aliphatic heterocycles. The Balaban J connectivity index is 1.99. The Morgan fingerprint density at radius 1 is 1.25 bits per heavy atom. The first-order valence-corrected chi connectivity index (χ1v) is 9.14. The van der Waals surface area contributed by atoms with Gasteiger partial charge in [0.1, 0.15) is 18.1 Å². The van der Waals surface area contributed by atoms with Crippen molar-refractivity contribution in [2.75, 3.05) is 18.7 Å². The van der Waals surface area contributed by atoms with Gasteiger partial charge < -0.3 is 19.7 Å². The Hall–Kier alpha value is -2.02. The quantitative estimate of drug-likeness (QED) is 0.835. The molecule has 2 aromatic carbocycles. The van der Waals surface area contributed by atoms with Crippen molar-refractivity contribution < 1.29 is 19.2 Å². The number of anilines is 1. The molecule has 1 aliphatic rings. The van der Waals surface area contributed by atoms with Crippen LogP contribution in [0.3, 0.4) is 0 Å². The number of hydrogen-bond acceptors (Lipinski definition) is 4. The van der Waals surface area contributed by atoms with E-state index in [-0.39, 0.29) is 5.92 Å². The zero-order valence-corrected chi connectivity index (χ0v) is 14.3. The topological polar surface area (TPSA) is 81.6 Å². The van der Waals surface area contributed by atoms with Gasteiger partial charge in [-0.05, 0) is 59.1 Å². The van der Waals surface area contributed by atoms with E-state index in [9.17, 15) is 14.5 Å². The van der Waals surface area contributed by atoms with Gasteiger partial charge in [0.05, 0.1) is 7.11 Å². The maximum atomic E-state index is 12.3. The third kappa shape index (κ3) is 3.26. The predicted molar refractivity (Wildman–Crippen MR) is 92.8 cm³/mol. The molecule has 2 N–H and O–H groups in total. The molecule has 0 bridgehead atoms. The lowest BCUT2D eigenvalue weighted by Crippen LogP contribution is -2.31. The molecule has 2 aromatic rings. The third-order valence-corrected chi connectivity index (χ3v) is 5.22. The number of nitrogens with one attached hydrogen (secondary N) is 1. The fraction of sp³-hybridized carbons (Fsp3) is 0.278. The molecule has 0 aliphatic carbocycles. The smallest absolute Gasteiger partial charge is 0.253 e. The molecule has 0 spiro atoms. The van der Waals surface area contributed by atoms with E-state index in [1.807, 2.05) is 30.3 Å². The summed E-state index contributed by atoms with van der Waals surface area (Å²) in [6, 6.07) is 12.6. The van der Waals surface area contributed by atoms with Gasteiger partial charge in [0.15, 0.2) is 4.90 Å². The average Bonchev–Trinajstić information content (AvgIpc) is 2.71. The van der Waals surface area contributed by atoms with Crippen molar-refractivity contribution in [1.82, 2.24) is 0 Å². The summed E-state index contributed by atoms with van der Waals surface area (Å²) in [5.41, 5.74) is 2.38. The highest BCUT2D eigenvalue weighted by atomic mass is 32.2. The van der Waals surface area contributed by atoms with Gasteiger partial charge in [-0.1, -0.05) is 12.1 Å². The molecule has 1 amide bonds. The summed E-state index contributed by atoms with van der Waals surface area (Å²) in [6.45, 7) is 0. The summed E-state index contributed by atoms with van der Waals surface area (Å²) in [6.07, 6.45) is 0.945. The van der Waals surface area contributed by atoms with Crippen LogP contribution in [0.25, 0.3) is 0 Å². The fourth-order valence-corrected chi connectivity index (χ4v) is 3.50. The van der Waals surface area contributed by atoms with Gasteiger partial charge in [0.25, 0.3) is 5.91 Å². The largest absolute Gasteiger partial charge is 0.612 e. The molecule has 0 saturated carbocycles. The molecule has 0 aromatic heterocycles. The van der Waals surface area contributed by atoms with Crippen molar-refractivity contribution >= 4 is 22.8 Å². The first-order valence-electron chi connectivity index (χ1n) is 7.59. The lowest BCUT2D eigenvalue weighted by molar-refractivity contribution is -0.124. The average molecular weight is 345 g/mol. The number of methoxy groups -OCH3 is 1. The van der Waals surface area contributed by atoms with E-state index < -0.39 is 23.2 Å². The summed E-state index contributed by atoms with van der Waals surface area (Å²) in [7, 11) is 1.59. The predicted octanol–water partition coefficient (Wildman–Crippen LogP) is 2.07. The van der Waals surface area contributed by atoms with Crippen molar-refractivity contribution in [2.24, 2.45) is 0 Å². The van der Waals surface area contributed by atoms with Crippen LogP contribution in [-0.4, -0.2) is 35.0 Å². The molecule has 24 heavy (non-hydrogen) atoms. The number of carbonyl (C=O) groups is 1. The number of carbonyl (C=O) groups excluding carboxylic acids is 1. The Kier molecular flexibility index (Phi) is 4.80. The standard InChI is InChI=1S/C18H19NO4S/c1-23-13-5-3-11(4-6-13)15-10-12-9-14(24(2)22)7-8-16(12)19-18(21)17(15)20/h3-9,15,17,20H,10H2,1-2H3,(H,19,21). The summed E-state index contributed by atoms with van der Waals surface area (Å²) in [4.78, 5) is 13.0. The van der Waals surface area contributed by atoms with Gasteiger partial charge in [-0.25, -0.2) is 0 Å². The van der Waals surface area contributed by atoms with E-state index in [1.165, 1.54) is 0 Å². The number of benzene rings is 2. The lowest BCUT2D eigenvalue weighted by atomic mass is 9.88. The number of fused-ring (bicyclic) bond motifs is 1. The number of rotatable bonds is 3. The summed E-state index contributed by atoms with van der Waals surface area (Å²) in [5.74, 6) is -0.0898. The molecular formula is C18H19NO4S. The van der Waals surface area contributed by atoms with Crippen LogP contribution in [0.4, 0.5) is 5.69 Å². The van der Waals surface area contributed by atoms with Crippen molar-refractivity contribution in [3.8, 4) is 5.75 Å². The number of ether oxygens (including phenoxy) is 1. The highest BCUT2D eigenvalue weighted by molar-refractivity contribution is 7.90. The van der Waals surface area contributed by atoms with Gasteiger partial charge >= 0.3 is 0 Å². The fourth-order valence-electron chi connectivity index (χ4n) is 2.93. The first kappa shape index (κ1) is 16.8. The van der Waals surface area contributed by atoms with Gasteiger partial charge in [0, 0.05) is 11.6 Å². The maximum absolute atomic E-state index is 12.3. The molecule has 5 nitrogen and oxygen atoms in total. The molecule has 126 valence electrons. The van der Waals surface area contributed by atoms with Crippen LogP contribution in [0.2, 0.25) is 0 Å². The summed E-state index contributed by atoms with van der Waals surface area (Å²) >= 11 is -1.10. The number of aliphatic hydroxyl groups excluding tert-OH is 1. The highest BCUT2D eigenvalue weighted by Crippen LogP contribution is 2.33. The van der Waals surface area contributed by atoms with E-state index in [4.69, 9.17) is 4.74 Å². The molecule has 0 fully saturated rings. The molecule has 3 rings (SSSR count). The van der Waals surface area contributed by atoms with E-state index in [0.29, 0.717) is 17.0 Å². The highest BCUT2D eigenvalue weighted by Gasteiger charge is 2.32. The molecule has 0 saturated heterocycles. The molecular weight excluding hydrogens is 326 g/mol. The first-order chi connectivity index (χ1) is 11.5. The van der Waals surface area contributed by atoms with Crippen LogP contribution in [0, 0.1) is 0 Å². The SMILES string of the molecule is COc1ccc(C2Cc3cc([S+](C)[O-])ccc3NC(=O)C2O)cc1. The molecule has 3 atom stereocenters. The van der Waals surface area contributed by atoms with Crippen molar-refractivity contribution in [1.29, 1.82) is 0 Å². The van der Waals surface area contributed by atoms with Gasteiger partial charge in [0.2, 0.25) is 0 Å². The maximum Gasteiger partial charge on any atom is 0.253 e. The minimum Gasteiger partial charge on any atom is -0.612 e. The number of aliphatic hydroxyl groups is 1.